The van der Waals surface area contributed by atoms with Crippen LogP contribution >= 0.6 is 34.2 Å². The van der Waals surface area contributed by atoms with Gasteiger partial charge in [0.1, 0.15) is 12.4 Å². The fraction of sp³-hybridized carbons (Fsp3) is 0.0870. The lowest BCUT2D eigenvalue weighted by molar-refractivity contribution is 0.0951. The molecule has 9 heteroatoms. The van der Waals surface area contributed by atoms with Crippen LogP contribution in [0.2, 0.25) is 5.02 Å². The molecule has 0 radical (unpaired) electrons. The molecule has 162 valence electrons. The van der Waals surface area contributed by atoms with Crippen molar-refractivity contribution in [2.75, 3.05) is 7.11 Å². The zero-order chi connectivity index (χ0) is 23.1. The Morgan fingerprint density at radius 1 is 1.28 bits per heavy atom. The molecule has 6 nitrogen and oxygen atoms in total. The zero-order valence-corrected chi connectivity index (χ0v) is 19.6. The zero-order valence-electron chi connectivity index (χ0n) is 16.7. The van der Waals surface area contributed by atoms with Crippen molar-refractivity contribution in [2.45, 2.75) is 6.61 Å². The average Bonchev–Trinajstić information content (AvgIpc) is 2.78. The van der Waals surface area contributed by atoms with Crippen molar-refractivity contribution in [3.63, 3.8) is 0 Å². The number of carbonyl (C=O) groups excluding carboxylic acids is 1. The molecule has 0 aliphatic rings. The first-order valence-corrected chi connectivity index (χ1v) is 10.7. The lowest BCUT2D eigenvalue weighted by Gasteiger charge is -2.14. The van der Waals surface area contributed by atoms with Crippen LogP contribution in [0.15, 0.2) is 59.7 Å². The molecular formula is C23H16ClFIN3O3. The van der Waals surface area contributed by atoms with E-state index in [1.54, 1.807) is 18.2 Å². The van der Waals surface area contributed by atoms with Gasteiger partial charge in [-0.05, 0) is 64.6 Å². The maximum atomic E-state index is 14.0. The van der Waals surface area contributed by atoms with Gasteiger partial charge in [-0.2, -0.15) is 10.4 Å². The van der Waals surface area contributed by atoms with Gasteiger partial charge in [-0.15, -0.1) is 0 Å². The highest BCUT2D eigenvalue weighted by molar-refractivity contribution is 14.1. The number of hydrogen-bond donors (Lipinski definition) is 1. The highest BCUT2D eigenvalue weighted by atomic mass is 127. The number of hydrazone groups is 1. The number of benzene rings is 3. The van der Waals surface area contributed by atoms with Gasteiger partial charge in [-0.25, -0.2) is 9.82 Å². The number of nitriles is 1. The van der Waals surface area contributed by atoms with E-state index in [1.807, 2.05) is 24.3 Å². The number of nitrogens with zero attached hydrogens (tertiary/aromatic N) is 2. The van der Waals surface area contributed by atoms with Gasteiger partial charge in [0.05, 0.1) is 34.1 Å². The number of halogens is 3. The Bertz CT molecular complexity index is 1230. The van der Waals surface area contributed by atoms with Gasteiger partial charge in [0.2, 0.25) is 0 Å². The number of carbonyl (C=O) groups is 1. The highest BCUT2D eigenvalue weighted by Crippen LogP contribution is 2.34. The molecule has 0 unspecified atom stereocenters. The lowest BCUT2D eigenvalue weighted by Crippen LogP contribution is -2.19. The number of nitrogens with one attached hydrogen (secondary N) is 1. The van der Waals surface area contributed by atoms with E-state index in [2.05, 4.69) is 33.1 Å². The second-order valence-electron chi connectivity index (χ2n) is 6.42. The van der Waals surface area contributed by atoms with Crippen LogP contribution in [0.1, 0.15) is 27.0 Å². The molecule has 3 aromatic carbocycles. The molecule has 3 rings (SSSR count). The molecular weight excluding hydrogens is 548 g/mol. The molecule has 0 fully saturated rings. The topological polar surface area (TPSA) is 83.7 Å². The first-order chi connectivity index (χ1) is 15.4. The van der Waals surface area contributed by atoms with Crippen LogP contribution in [0.4, 0.5) is 4.39 Å². The summed E-state index contributed by atoms with van der Waals surface area (Å²) in [5.74, 6) is -0.499. The van der Waals surface area contributed by atoms with Crippen LogP contribution < -0.4 is 14.9 Å². The smallest absolute Gasteiger partial charge is 0.274 e. The van der Waals surface area contributed by atoms with Crippen molar-refractivity contribution in [3.8, 4) is 17.6 Å². The van der Waals surface area contributed by atoms with E-state index in [1.165, 1.54) is 25.5 Å². The molecule has 0 bridgehead atoms. The molecule has 3 aromatic rings. The fourth-order valence-corrected chi connectivity index (χ4v) is 3.69. The molecule has 0 saturated carbocycles. The van der Waals surface area contributed by atoms with Crippen LogP contribution in [-0.2, 0) is 6.61 Å². The summed E-state index contributed by atoms with van der Waals surface area (Å²) in [5.41, 5.74) is 3.66. The van der Waals surface area contributed by atoms with Crippen molar-refractivity contribution in [3.05, 3.63) is 91.3 Å². The summed E-state index contributed by atoms with van der Waals surface area (Å²) in [5, 5.41) is 13.3. The normalized spacial score (nSPS) is 10.6. The third kappa shape index (κ3) is 5.75. The minimum absolute atomic E-state index is 0.126. The van der Waals surface area contributed by atoms with E-state index in [9.17, 15) is 9.18 Å². The van der Waals surface area contributed by atoms with Gasteiger partial charge in [-0.3, -0.25) is 4.79 Å². The molecule has 1 amide bonds. The maximum Gasteiger partial charge on any atom is 0.274 e. The average molecular weight is 564 g/mol. The SMILES string of the molecule is COc1cc(/C=N\NC(=O)c2ccc(C#N)cc2F)cc(I)c1OCc1ccccc1Cl. The summed E-state index contributed by atoms with van der Waals surface area (Å²) < 4.78 is 26.1. The molecule has 0 atom stereocenters. The van der Waals surface area contributed by atoms with E-state index >= 15 is 0 Å². The van der Waals surface area contributed by atoms with Gasteiger partial charge >= 0.3 is 0 Å². The van der Waals surface area contributed by atoms with Crippen LogP contribution in [-0.4, -0.2) is 19.2 Å². The van der Waals surface area contributed by atoms with Crippen LogP contribution in [0.5, 0.6) is 11.5 Å². The third-order valence-electron chi connectivity index (χ3n) is 4.30. The molecule has 0 aromatic heterocycles. The molecule has 0 saturated heterocycles. The van der Waals surface area contributed by atoms with Crippen molar-refractivity contribution in [1.29, 1.82) is 5.26 Å². The summed E-state index contributed by atoms with van der Waals surface area (Å²) in [6, 6.07) is 16.3. The molecule has 0 aliphatic heterocycles. The monoisotopic (exact) mass is 563 g/mol. The molecule has 1 N–H and O–H groups in total. The van der Waals surface area contributed by atoms with Crippen molar-refractivity contribution in [1.82, 2.24) is 5.43 Å². The number of hydrogen-bond acceptors (Lipinski definition) is 5. The van der Waals surface area contributed by atoms with Crippen molar-refractivity contribution < 1.29 is 18.7 Å². The van der Waals surface area contributed by atoms with Crippen molar-refractivity contribution in [2.24, 2.45) is 5.10 Å². The summed E-state index contributed by atoms with van der Waals surface area (Å²) in [6.07, 6.45) is 1.40. The first-order valence-electron chi connectivity index (χ1n) is 9.19. The Kier molecular flexibility index (Phi) is 8.03. The van der Waals surface area contributed by atoms with Crippen molar-refractivity contribution >= 4 is 46.3 Å². The maximum absolute atomic E-state index is 14.0. The first kappa shape index (κ1) is 23.5. The highest BCUT2D eigenvalue weighted by Gasteiger charge is 2.13. The van der Waals surface area contributed by atoms with Gasteiger partial charge < -0.3 is 9.47 Å². The minimum Gasteiger partial charge on any atom is -0.493 e. The lowest BCUT2D eigenvalue weighted by atomic mass is 10.1. The second kappa shape index (κ2) is 10.9. The fourth-order valence-electron chi connectivity index (χ4n) is 2.71. The molecule has 0 aliphatic carbocycles. The summed E-state index contributed by atoms with van der Waals surface area (Å²) >= 11 is 8.29. The standard InChI is InChI=1S/C23H16ClFIN3O3/c1-31-21-10-15(9-20(26)22(21)32-13-16-4-2-3-5-18(16)24)12-28-29-23(30)17-7-6-14(11-27)8-19(17)25/h2-10,12H,13H2,1H3,(H,29,30)/b28-12-. The number of ether oxygens (including phenoxy) is 2. The quantitative estimate of drug-likeness (QED) is 0.240. The van der Waals surface area contributed by atoms with E-state index in [0.29, 0.717) is 22.1 Å². The predicted octanol–water partition coefficient (Wildman–Crippen LogP) is 5.31. The van der Waals surface area contributed by atoms with Gasteiger partial charge in [0, 0.05) is 10.6 Å². The van der Waals surface area contributed by atoms with E-state index in [-0.39, 0.29) is 17.7 Å². The Hall–Kier alpha value is -3.16. The van der Waals surface area contributed by atoms with Crippen LogP contribution in [0, 0.1) is 20.7 Å². The Morgan fingerprint density at radius 2 is 2.06 bits per heavy atom. The summed E-state index contributed by atoms with van der Waals surface area (Å²) in [4.78, 5) is 12.1. The molecule has 0 heterocycles. The van der Waals surface area contributed by atoms with Crippen LogP contribution in [0.3, 0.4) is 0 Å². The van der Waals surface area contributed by atoms with E-state index < -0.39 is 11.7 Å². The number of amides is 1. The minimum atomic E-state index is -0.798. The predicted molar refractivity (Wildman–Crippen MR) is 128 cm³/mol. The summed E-state index contributed by atoms with van der Waals surface area (Å²) in [6.45, 7) is 0.270. The molecule has 32 heavy (non-hydrogen) atoms. The van der Waals surface area contributed by atoms with Crippen LogP contribution in [0.25, 0.3) is 0 Å². The Balaban J connectivity index is 1.71. The number of rotatable bonds is 7. The van der Waals surface area contributed by atoms with E-state index in [4.69, 9.17) is 26.3 Å². The largest absolute Gasteiger partial charge is 0.493 e. The Labute approximate surface area is 202 Å². The summed E-state index contributed by atoms with van der Waals surface area (Å²) in [7, 11) is 1.52. The van der Waals surface area contributed by atoms with Gasteiger partial charge in [0.15, 0.2) is 11.5 Å². The molecule has 0 spiro atoms. The van der Waals surface area contributed by atoms with E-state index in [0.717, 1.165) is 15.2 Å². The van der Waals surface area contributed by atoms with Gasteiger partial charge in [-0.1, -0.05) is 29.8 Å². The second-order valence-corrected chi connectivity index (χ2v) is 7.99. The van der Waals surface area contributed by atoms with Gasteiger partial charge in [0.25, 0.3) is 5.91 Å². The number of methoxy groups -OCH3 is 1. The Morgan fingerprint density at radius 3 is 2.75 bits per heavy atom. The third-order valence-corrected chi connectivity index (χ3v) is 5.47.